The van der Waals surface area contributed by atoms with Gasteiger partial charge in [-0.3, -0.25) is 5.10 Å². The van der Waals surface area contributed by atoms with Crippen LogP contribution in [0, 0.1) is 4.77 Å². The van der Waals surface area contributed by atoms with E-state index in [1.807, 2.05) is 4.40 Å². The Hall–Kier alpha value is -0.960. The summed E-state index contributed by atoms with van der Waals surface area (Å²) in [4.78, 5) is 6.33. The fraction of sp³-hybridized carbons (Fsp3) is 0.562. The van der Waals surface area contributed by atoms with E-state index in [1.165, 1.54) is 10.4 Å². The van der Waals surface area contributed by atoms with Crippen molar-refractivity contribution in [3.05, 3.63) is 15.2 Å². The molecule has 0 fully saturated rings. The van der Waals surface area contributed by atoms with Crippen molar-refractivity contribution in [3.63, 3.8) is 0 Å². The number of hydrogen-bond acceptors (Lipinski definition) is 6. The van der Waals surface area contributed by atoms with Gasteiger partial charge in [0.1, 0.15) is 0 Å². The molecule has 5 nitrogen and oxygen atoms in total. The molecule has 3 aromatic rings. The molecule has 0 saturated carbocycles. The molecule has 1 atom stereocenters. The van der Waals surface area contributed by atoms with Gasteiger partial charge in [0.2, 0.25) is 4.77 Å². The van der Waals surface area contributed by atoms with Gasteiger partial charge in [-0.2, -0.15) is 5.10 Å². The molecule has 4 heterocycles. The van der Waals surface area contributed by atoms with Crippen molar-refractivity contribution in [1.82, 2.24) is 19.6 Å². The number of hydrogen-bond donors (Lipinski definition) is 1. The van der Waals surface area contributed by atoms with E-state index in [9.17, 15) is 0 Å². The standard InChI is InChI=1S/C16H20N4OS3/c1-4-6-23-15-17-11-9-8-21-16(3,5-2)7-10(9)24-12(11)13-18-19-14(22)20(13)15/h4-8H2,1-3H3,(H,19,22)/t16-/m0/s1. The highest BCUT2D eigenvalue weighted by Gasteiger charge is 2.33. The molecule has 0 spiro atoms. The molecular weight excluding hydrogens is 360 g/mol. The molecule has 0 bridgehead atoms. The van der Waals surface area contributed by atoms with Gasteiger partial charge < -0.3 is 4.74 Å². The number of H-pyrrole nitrogens is 1. The molecule has 0 saturated heterocycles. The number of thioether (sulfide) groups is 1. The lowest BCUT2D eigenvalue weighted by Crippen LogP contribution is -2.33. The van der Waals surface area contributed by atoms with E-state index in [2.05, 4.69) is 31.0 Å². The highest BCUT2D eigenvalue weighted by Crippen LogP contribution is 2.41. The van der Waals surface area contributed by atoms with Crippen LogP contribution in [0.3, 0.4) is 0 Å². The van der Waals surface area contributed by atoms with Crippen LogP contribution < -0.4 is 0 Å². The Bertz CT molecular complexity index is 973. The van der Waals surface area contributed by atoms with Crippen LogP contribution >= 0.6 is 35.3 Å². The third-order valence-electron chi connectivity index (χ3n) is 4.62. The minimum absolute atomic E-state index is 0.0747. The van der Waals surface area contributed by atoms with Gasteiger partial charge in [0.15, 0.2) is 10.8 Å². The topological polar surface area (TPSA) is 55.2 Å². The Kier molecular flexibility index (Phi) is 4.19. The SMILES string of the molecule is CCCSc1nc2c3c(sc2c2n[nH]c(=S)n12)C[C@](C)(CC)OC3. The molecular formula is C16H20N4OS3. The van der Waals surface area contributed by atoms with Gasteiger partial charge in [-0.05, 0) is 32.0 Å². The van der Waals surface area contributed by atoms with E-state index in [-0.39, 0.29) is 5.60 Å². The number of ether oxygens (including phenoxy) is 1. The number of thiophene rings is 1. The molecule has 0 aromatic carbocycles. The monoisotopic (exact) mass is 380 g/mol. The molecule has 0 amide bonds. The first-order valence-electron chi connectivity index (χ1n) is 8.24. The largest absolute Gasteiger partial charge is 0.370 e. The second-order valence-electron chi connectivity index (χ2n) is 6.38. The van der Waals surface area contributed by atoms with Crippen molar-refractivity contribution in [2.24, 2.45) is 0 Å². The molecule has 0 radical (unpaired) electrons. The number of aromatic nitrogens is 4. The number of nitrogens with zero attached hydrogens (tertiary/aromatic N) is 3. The third-order valence-corrected chi connectivity index (χ3v) is 7.26. The fourth-order valence-corrected chi connectivity index (χ4v) is 5.51. The molecule has 8 heteroatoms. The molecule has 1 N–H and O–H groups in total. The lowest BCUT2D eigenvalue weighted by molar-refractivity contribution is -0.0546. The molecule has 1 aliphatic rings. The summed E-state index contributed by atoms with van der Waals surface area (Å²) in [5, 5.41) is 8.33. The van der Waals surface area contributed by atoms with Crippen molar-refractivity contribution >= 4 is 51.2 Å². The van der Waals surface area contributed by atoms with E-state index >= 15 is 0 Å². The van der Waals surface area contributed by atoms with Gasteiger partial charge in [0.05, 0.1) is 22.4 Å². The number of nitrogens with one attached hydrogen (secondary N) is 1. The summed E-state index contributed by atoms with van der Waals surface area (Å²) in [6, 6.07) is 0. The van der Waals surface area contributed by atoms with Crippen LogP contribution in [0.15, 0.2) is 5.16 Å². The zero-order valence-corrected chi connectivity index (χ0v) is 16.5. The molecule has 1 aliphatic heterocycles. The van der Waals surface area contributed by atoms with Crippen LogP contribution in [0.4, 0.5) is 0 Å². The normalized spacial score (nSPS) is 20.8. The lowest BCUT2D eigenvalue weighted by Gasteiger charge is -2.32. The zero-order valence-electron chi connectivity index (χ0n) is 14.0. The summed E-state index contributed by atoms with van der Waals surface area (Å²) in [5.74, 6) is 1.01. The Morgan fingerprint density at radius 3 is 3.04 bits per heavy atom. The molecule has 128 valence electrons. The van der Waals surface area contributed by atoms with E-state index in [0.29, 0.717) is 11.4 Å². The second-order valence-corrected chi connectivity index (χ2v) is 8.93. The van der Waals surface area contributed by atoms with Crippen molar-refractivity contribution in [2.45, 2.75) is 57.4 Å². The Labute approximate surface area is 153 Å². The van der Waals surface area contributed by atoms with Crippen molar-refractivity contribution in [3.8, 4) is 0 Å². The maximum atomic E-state index is 6.15. The predicted octanol–water partition coefficient (Wildman–Crippen LogP) is 4.75. The lowest BCUT2D eigenvalue weighted by atomic mass is 9.93. The molecule has 3 aromatic heterocycles. The first-order valence-corrected chi connectivity index (χ1v) is 10.5. The van der Waals surface area contributed by atoms with E-state index in [1.54, 1.807) is 23.1 Å². The van der Waals surface area contributed by atoms with Crippen molar-refractivity contribution < 1.29 is 4.74 Å². The second kappa shape index (κ2) is 6.09. The van der Waals surface area contributed by atoms with Crippen LogP contribution in [0.2, 0.25) is 0 Å². The van der Waals surface area contributed by atoms with Crippen molar-refractivity contribution in [1.29, 1.82) is 0 Å². The van der Waals surface area contributed by atoms with Gasteiger partial charge in [0.25, 0.3) is 0 Å². The summed E-state index contributed by atoms with van der Waals surface area (Å²) in [6.07, 6.45) is 3.04. The summed E-state index contributed by atoms with van der Waals surface area (Å²) in [5.41, 5.74) is 3.08. The summed E-state index contributed by atoms with van der Waals surface area (Å²) >= 11 is 8.95. The maximum absolute atomic E-state index is 6.15. The number of fused-ring (bicyclic) bond motifs is 5. The van der Waals surface area contributed by atoms with E-state index in [4.69, 9.17) is 21.9 Å². The molecule has 0 aliphatic carbocycles. The highest BCUT2D eigenvalue weighted by atomic mass is 32.2. The fourth-order valence-electron chi connectivity index (χ4n) is 2.99. The quantitative estimate of drug-likeness (QED) is 0.402. The van der Waals surface area contributed by atoms with Crippen LogP contribution in [0.1, 0.15) is 44.1 Å². The molecule has 4 rings (SSSR count). The van der Waals surface area contributed by atoms with Crippen molar-refractivity contribution in [2.75, 3.05) is 5.75 Å². The van der Waals surface area contributed by atoms with Gasteiger partial charge in [0, 0.05) is 22.6 Å². The van der Waals surface area contributed by atoms with Crippen LogP contribution in [-0.4, -0.2) is 30.9 Å². The molecule has 24 heavy (non-hydrogen) atoms. The number of aromatic amines is 1. The average molecular weight is 381 g/mol. The Morgan fingerprint density at radius 2 is 2.29 bits per heavy atom. The van der Waals surface area contributed by atoms with Gasteiger partial charge in [-0.1, -0.05) is 25.6 Å². The Balaban J connectivity index is 1.96. The minimum Gasteiger partial charge on any atom is -0.370 e. The summed E-state index contributed by atoms with van der Waals surface area (Å²) in [7, 11) is 0. The van der Waals surface area contributed by atoms with Gasteiger partial charge in [-0.15, -0.1) is 11.3 Å². The molecule has 0 unspecified atom stereocenters. The predicted molar refractivity (Wildman–Crippen MR) is 102 cm³/mol. The van der Waals surface area contributed by atoms with Crippen LogP contribution in [0.25, 0.3) is 15.9 Å². The van der Waals surface area contributed by atoms with Crippen LogP contribution in [0.5, 0.6) is 0 Å². The van der Waals surface area contributed by atoms with Crippen LogP contribution in [-0.2, 0) is 17.8 Å². The highest BCUT2D eigenvalue weighted by molar-refractivity contribution is 7.99. The van der Waals surface area contributed by atoms with E-state index < -0.39 is 0 Å². The Morgan fingerprint density at radius 1 is 1.46 bits per heavy atom. The van der Waals surface area contributed by atoms with E-state index in [0.717, 1.165) is 46.0 Å². The smallest absolute Gasteiger partial charge is 0.201 e. The van der Waals surface area contributed by atoms with Gasteiger partial charge in [-0.25, -0.2) is 9.38 Å². The summed E-state index contributed by atoms with van der Waals surface area (Å²) < 4.78 is 9.84. The first kappa shape index (κ1) is 16.5. The average Bonchev–Trinajstić information content (AvgIpc) is 3.13. The minimum atomic E-state index is -0.0747. The zero-order chi connectivity index (χ0) is 16.9. The van der Waals surface area contributed by atoms with Gasteiger partial charge >= 0.3 is 0 Å². The maximum Gasteiger partial charge on any atom is 0.201 e. The third kappa shape index (κ3) is 2.51. The summed E-state index contributed by atoms with van der Waals surface area (Å²) in [6.45, 7) is 7.17. The number of rotatable bonds is 4. The first-order chi connectivity index (χ1) is 11.6.